The minimum atomic E-state index is -3.49. The normalized spacial score (nSPS) is 19.7. The molecule has 0 bridgehead atoms. The van der Waals surface area contributed by atoms with Crippen LogP contribution in [0.25, 0.3) is 10.9 Å². The first-order valence-corrected chi connectivity index (χ1v) is 17.2. The van der Waals surface area contributed by atoms with Crippen LogP contribution in [-0.4, -0.2) is 70.6 Å². The molecule has 0 radical (unpaired) electrons. The Morgan fingerprint density at radius 2 is 1.87 bits per heavy atom. The second-order valence-corrected chi connectivity index (χ2v) is 15.2. The number of rotatable bonds is 8. The van der Waals surface area contributed by atoms with Crippen molar-refractivity contribution in [2.45, 2.75) is 58.6 Å². The number of hydrogen-bond acceptors (Lipinski definition) is 8. The highest BCUT2D eigenvalue weighted by molar-refractivity contribution is 7.99. The molecule has 13 heteroatoms. The fourth-order valence-electron chi connectivity index (χ4n) is 5.87. The summed E-state index contributed by atoms with van der Waals surface area (Å²) in [5, 5.41) is 5.23. The first kappa shape index (κ1) is 29.4. The molecule has 3 atom stereocenters. The number of aromatic amines is 1. The number of carbonyl (C=O) groups is 3. The maximum Gasteiger partial charge on any atom is 0.251 e. The van der Waals surface area contributed by atoms with Crippen LogP contribution in [0.5, 0.6) is 11.5 Å². The zero-order valence-corrected chi connectivity index (χ0v) is 26.0. The van der Waals surface area contributed by atoms with Gasteiger partial charge in [0.15, 0.2) is 9.84 Å². The SMILES string of the molecule is CC(NC(=O)[C@@H]1C[C@@H](S(=O)(=O)C2CC2)CN1C(=O)CNC(=O)c1ccc2c(c1)Oc1ccccc1S2)c1cc2cnccc2[nH]1. The number of carbonyl (C=O) groups excluding carboxylic acids is 3. The van der Waals surface area contributed by atoms with Crippen LogP contribution < -0.4 is 15.4 Å². The molecule has 3 amide bonds. The van der Waals surface area contributed by atoms with Gasteiger partial charge in [0.1, 0.15) is 17.5 Å². The zero-order chi connectivity index (χ0) is 31.3. The number of nitrogens with zero attached hydrogens (tertiary/aromatic N) is 2. The van der Waals surface area contributed by atoms with Gasteiger partial charge in [0.25, 0.3) is 5.91 Å². The van der Waals surface area contributed by atoms with Crippen LogP contribution in [0.15, 0.2) is 76.8 Å². The number of hydrogen-bond donors (Lipinski definition) is 3. The number of likely N-dealkylation sites (tertiary alicyclic amines) is 1. The van der Waals surface area contributed by atoms with Crippen molar-refractivity contribution in [2.75, 3.05) is 13.1 Å². The van der Waals surface area contributed by atoms with E-state index in [2.05, 4.69) is 20.6 Å². The third kappa shape index (κ3) is 5.77. The second kappa shape index (κ2) is 11.5. The lowest BCUT2D eigenvalue weighted by atomic mass is 10.1. The number of H-pyrrole nitrogens is 1. The van der Waals surface area contributed by atoms with E-state index in [1.54, 1.807) is 42.4 Å². The fourth-order valence-corrected chi connectivity index (χ4v) is 8.96. The van der Waals surface area contributed by atoms with Crippen LogP contribution in [0.2, 0.25) is 0 Å². The van der Waals surface area contributed by atoms with E-state index in [-0.39, 0.29) is 19.5 Å². The van der Waals surface area contributed by atoms with Gasteiger partial charge in [-0.2, -0.15) is 0 Å². The predicted molar refractivity (Wildman–Crippen MR) is 168 cm³/mol. The average Bonchev–Trinajstić information content (AvgIpc) is 3.66. The summed E-state index contributed by atoms with van der Waals surface area (Å²) in [6, 6.07) is 15.0. The number of fused-ring (bicyclic) bond motifs is 3. The van der Waals surface area contributed by atoms with E-state index in [1.807, 2.05) is 43.3 Å². The van der Waals surface area contributed by atoms with Crippen LogP contribution in [0.4, 0.5) is 0 Å². The number of amides is 3. The summed E-state index contributed by atoms with van der Waals surface area (Å²) >= 11 is 1.54. The minimum absolute atomic E-state index is 0.00893. The van der Waals surface area contributed by atoms with Crippen LogP contribution >= 0.6 is 11.8 Å². The lowest BCUT2D eigenvalue weighted by Crippen LogP contribution is -2.49. The lowest BCUT2D eigenvalue weighted by Gasteiger charge is -2.25. The standard InChI is InChI=1S/C32H31N5O6S2/c1-18(24-12-20-15-33-11-10-23(20)36-24)35-32(40)25-14-22(45(41,42)21-7-8-21)17-37(25)30(38)16-34-31(39)19-6-9-29-27(13-19)43-26-4-2-3-5-28(26)44-29/h2-6,9-13,15,18,21-22,25,36H,7-8,14,16-17H2,1H3,(H,34,39)(H,35,40)/t18?,22-,25+/m1/s1. The number of nitrogens with one attached hydrogen (secondary N) is 3. The Morgan fingerprint density at radius 3 is 2.67 bits per heavy atom. The molecule has 4 heterocycles. The third-order valence-electron chi connectivity index (χ3n) is 8.50. The van der Waals surface area contributed by atoms with Crippen LogP contribution in [0.1, 0.15) is 48.3 Å². The summed E-state index contributed by atoms with van der Waals surface area (Å²) in [5.74, 6) is -0.213. The minimum Gasteiger partial charge on any atom is -0.455 e. The molecule has 45 heavy (non-hydrogen) atoms. The third-order valence-corrected chi connectivity index (χ3v) is 12.3. The van der Waals surface area contributed by atoms with Gasteiger partial charge in [-0.15, -0.1) is 0 Å². The van der Waals surface area contributed by atoms with Crippen LogP contribution in [-0.2, 0) is 19.4 Å². The van der Waals surface area contributed by atoms with Gasteiger partial charge in [-0.25, -0.2) is 8.42 Å². The molecule has 4 aromatic rings. The maximum absolute atomic E-state index is 13.6. The topological polar surface area (TPSA) is 151 Å². The summed E-state index contributed by atoms with van der Waals surface area (Å²) in [5.41, 5.74) is 1.94. The highest BCUT2D eigenvalue weighted by Crippen LogP contribution is 2.47. The van der Waals surface area contributed by atoms with Crippen molar-refractivity contribution in [1.29, 1.82) is 0 Å². The molecular formula is C32H31N5O6S2. The molecular weight excluding hydrogens is 615 g/mol. The lowest BCUT2D eigenvalue weighted by molar-refractivity contribution is -0.137. The van der Waals surface area contributed by atoms with Gasteiger partial charge in [-0.3, -0.25) is 19.4 Å². The van der Waals surface area contributed by atoms with E-state index in [1.165, 1.54) is 4.90 Å². The first-order valence-electron chi connectivity index (χ1n) is 14.8. The van der Waals surface area contributed by atoms with Crippen LogP contribution in [0.3, 0.4) is 0 Å². The van der Waals surface area contributed by atoms with E-state index in [0.29, 0.717) is 29.9 Å². The van der Waals surface area contributed by atoms with Gasteiger partial charge in [-0.05, 0) is 68.7 Å². The van der Waals surface area contributed by atoms with Crippen LogP contribution in [0, 0.1) is 0 Å². The van der Waals surface area contributed by atoms with Crippen molar-refractivity contribution in [2.24, 2.45) is 0 Å². The molecule has 1 saturated heterocycles. The Kier molecular flexibility index (Phi) is 7.52. The van der Waals surface area contributed by atoms with E-state index in [9.17, 15) is 22.8 Å². The van der Waals surface area contributed by atoms with Crippen molar-refractivity contribution in [1.82, 2.24) is 25.5 Å². The van der Waals surface area contributed by atoms with E-state index >= 15 is 0 Å². The van der Waals surface area contributed by atoms with Gasteiger partial charge < -0.3 is 25.3 Å². The molecule has 3 aliphatic rings. The van der Waals surface area contributed by atoms with Crippen molar-refractivity contribution in [3.05, 3.63) is 78.2 Å². The van der Waals surface area contributed by atoms with Crippen molar-refractivity contribution in [3.8, 4) is 11.5 Å². The highest BCUT2D eigenvalue weighted by Gasteiger charge is 2.49. The van der Waals surface area contributed by atoms with Gasteiger partial charge in [-0.1, -0.05) is 23.9 Å². The molecule has 3 N–H and O–H groups in total. The molecule has 1 saturated carbocycles. The van der Waals surface area contributed by atoms with Gasteiger partial charge >= 0.3 is 0 Å². The Balaban J connectivity index is 1.04. The van der Waals surface area contributed by atoms with Crippen molar-refractivity contribution in [3.63, 3.8) is 0 Å². The molecule has 2 aromatic carbocycles. The number of ether oxygens (including phenoxy) is 1. The zero-order valence-electron chi connectivity index (χ0n) is 24.4. The van der Waals surface area contributed by atoms with E-state index < -0.39 is 50.1 Å². The van der Waals surface area contributed by atoms with Crippen molar-refractivity contribution >= 4 is 50.2 Å². The van der Waals surface area contributed by atoms with E-state index in [0.717, 1.165) is 26.4 Å². The predicted octanol–water partition coefficient (Wildman–Crippen LogP) is 3.97. The Labute approximate surface area is 264 Å². The smallest absolute Gasteiger partial charge is 0.251 e. The molecule has 2 aromatic heterocycles. The molecule has 2 fully saturated rings. The summed E-state index contributed by atoms with van der Waals surface area (Å²) in [6.07, 6.45) is 4.60. The molecule has 1 unspecified atom stereocenters. The Morgan fingerprint density at radius 1 is 1.07 bits per heavy atom. The Bertz CT molecular complexity index is 1910. The summed E-state index contributed by atoms with van der Waals surface area (Å²) in [4.78, 5) is 50.7. The van der Waals surface area contributed by atoms with Gasteiger partial charge in [0, 0.05) is 41.1 Å². The molecule has 232 valence electrons. The molecule has 0 spiro atoms. The van der Waals surface area contributed by atoms with Gasteiger partial charge in [0.05, 0.1) is 32.9 Å². The largest absolute Gasteiger partial charge is 0.455 e. The number of pyridine rings is 1. The summed E-state index contributed by atoms with van der Waals surface area (Å²) in [7, 11) is -3.49. The van der Waals surface area contributed by atoms with Crippen molar-refractivity contribution < 1.29 is 27.5 Å². The highest BCUT2D eigenvalue weighted by atomic mass is 32.2. The molecule has 11 nitrogen and oxygen atoms in total. The monoisotopic (exact) mass is 645 g/mol. The first-order chi connectivity index (χ1) is 21.7. The summed E-state index contributed by atoms with van der Waals surface area (Å²) < 4.78 is 32.3. The summed E-state index contributed by atoms with van der Waals surface area (Å²) in [6.45, 7) is 1.33. The number of benzene rings is 2. The maximum atomic E-state index is 13.6. The Hall–Kier alpha value is -4.36. The second-order valence-electron chi connectivity index (χ2n) is 11.6. The number of para-hydroxylation sites is 1. The number of aromatic nitrogens is 2. The molecule has 2 aliphatic heterocycles. The quantitative estimate of drug-likeness (QED) is 0.229. The number of sulfone groups is 1. The van der Waals surface area contributed by atoms with Gasteiger partial charge in [0.2, 0.25) is 11.8 Å². The average molecular weight is 646 g/mol. The van der Waals surface area contributed by atoms with E-state index in [4.69, 9.17) is 4.74 Å². The molecule has 7 rings (SSSR count). The molecule has 1 aliphatic carbocycles. The fraction of sp³-hybridized carbons (Fsp3) is 0.312.